The van der Waals surface area contributed by atoms with Gasteiger partial charge in [-0.05, 0) is 43.9 Å². The first-order valence-corrected chi connectivity index (χ1v) is 10.3. The topological polar surface area (TPSA) is 174 Å². The molecule has 0 saturated heterocycles. The monoisotopic (exact) mass is 466 g/mol. The Balaban J connectivity index is 1.79. The Bertz CT molecular complexity index is 1030. The number of halogens is 3. The number of nitrogen functional groups attached to an aromatic ring is 2. The highest BCUT2D eigenvalue weighted by molar-refractivity contribution is 5.97. The van der Waals surface area contributed by atoms with Crippen molar-refractivity contribution in [2.45, 2.75) is 43.8 Å². The molecule has 0 bridgehead atoms. The summed E-state index contributed by atoms with van der Waals surface area (Å²) in [6.07, 6.45) is -2.19. The molecule has 1 aromatic heterocycles. The number of benzene rings is 1. The lowest BCUT2D eigenvalue weighted by molar-refractivity contribution is -0.137. The molecule has 2 aromatic rings. The van der Waals surface area contributed by atoms with Crippen molar-refractivity contribution in [1.29, 1.82) is 0 Å². The van der Waals surface area contributed by atoms with Crippen molar-refractivity contribution < 1.29 is 22.8 Å². The number of nitrogens with zero attached hydrogens (tertiary/aromatic N) is 2. The number of nitrogens with one attached hydrogen (secondary N) is 3. The number of anilines is 4. The van der Waals surface area contributed by atoms with E-state index in [0.29, 0.717) is 12.1 Å². The molecule has 0 radical (unpaired) electrons. The molecule has 3 rings (SSSR count). The lowest BCUT2D eigenvalue weighted by atomic mass is 10.1. The predicted molar refractivity (Wildman–Crippen MR) is 117 cm³/mol. The van der Waals surface area contributed by atoms with Crippen molar-refractivity contribution in [2.75, 3.05) is 28.6 Å². The molecule has 1 saturated carbocycles. The van der Waals surface area contributed by atoms with Crippen LogP contribution in [0, 0.1) is 0 Å². The van der Waals surface area contributed by atoms with E-state index in [1.165, 1.54) is 12.1 Å². The summed E-state index contributed by atoms with van der Waals surface area (Å²) in [5.74, 6) is -0.288. The average molecular weight is 466 g/mol. The normalized spacial score (nSPS) is 14.4. The molecule has 1 heterocycles. The number of hydrogen-bond acceptors (Lipinski definition) is 7. The molecule has 1 fully saturated rings. The van der Waals surface area contributed by atoms with Crippen molar-refractivity contribution in [3.8, 4) is 0 Å². The number of nitrogens with two attached hydrogens (primary N) is 3. The predicted octanol–water partition coefficient (Wildman–Crippen LogP) is 2.40. The fourth-order valence-electron chi connectivity index (χ4n) is 3.24. The fraction of sp³-hybridized carbons (Fsp3) is 0.400. The lowest BCUT2D eigenvalue weighted by Crippen LogP contribution is -2.37. The van der Waals surface area contributed by atoms with Crippen molar-refractivity contribution >= 4 is 35.1 Å². The third-order valence-electron chi connectivity index (χ3n) is 5.01. The van der Waals surface area contributed by atoms with Crippen molar-refractivity contribution in [3.63, 3.8) is 0 Å². The molecule has 0 unspecified atom stereocenters. The van der Waals surface area contributed by atoms with E-state index < -0.39 is 29.7 Å². The summed E-state index contributed by atoms with van der Waals surface area (Å²) in [6.45, 7) is 0.194. The maximum atomic E-state index is 13.0. The highest BCUT2D eigenvalue weighted by atomic mass is 19.4. The fourth-order valence-corrected chi connectivity index (χ4v) is 3.24. The van der Waals surface area contributed by atoms with Crippen LogP contribution >= 0.6 is 0 Å². The second-order valence-corrected chi connectivity index (χ2v) is 7.70. The molecule has 1 atom stereocenters. The number of hydrogen-bond donors (Lipinski definition) is 6. The molecule has 10 nitrogen and oxygen atoms in total. The van der Waals surface area contributed by atoms with Gasteiger partial charge in [0.05, 0.1) is 16.9 Å². The van der Waals surface area contributed by atoms with Crippen molar-refractivity contribution in [1.82, 2.24) is 15.3 Å². The van der Waals surface area contributed by atoms with Gasteiger partial charge >= 0.3 is 12.2 Å². The minimum Gasteiger partial charge on any atom is -0.394 e. The maximum absolute atomic E-state index is 13.0. The highest BCUT2D eigenvalue weighted by Crippen LogP contribution is 2.43. The van der Waals surface area contributed by atoms with Crippen LogP contribution in [0.1, 0.15) is 42.9 Å². The summed E-state index contributed by atoms with van der Waals surface area (Å²) in [5, 5.41) is 7.82. The summed E-state index contributed by atoms with van der Waals surface area (Å²) in [6, 6.07) is 2.63. The van der Waals surface area contributed by atoms with E-state index in [9.17, 15) is 22.8 Å². The van der Waals surface area contributed by atoms with Crippen LogP contribution in [0.2, 0.25) is 0 Å². The van der Waals surface area contributed by atoms with Gasteiger partial charge in [-0.2, -0.15) is 18.2 Å². The maximum Gasteiger partial charge on any atom is 0.416 e. The molecular weight excluding hydrogens is 441 g/mol. The first-order valence-electron chi connectivity index (χ1n) is 10.3. The standard InChI is InChI=1S/C20H25F3N8O2/c21-20(22,23)11-3-1-4-12(9-11)28-17(32)13(5-2-8-27-19(26)33)29-16-14(24)15(10-6-7-10)30-18(25)31-16/h1,3-4,9-10,13H,2,5-8,24H2,(H,28,32)(H3,26,27,33)(H3,25,29,30,31)/t13-/m0/s1. The van der Waals surface area contributed by atoms with E-state index in [-0.39, 0.29) is 42.0 Å². The SMILES string of the molecule is NC(=O)NCCC[C@H](Nc1nc(N)nc(C2CC2)c1N)C(=O)Nc1cccc(C(F)(F)F)c1. The van der Waals surface area contributed by atoms with Gasteiger partial charge in [-0.1, -0.05) is 6.07 Å². The lowest BCUT2D eigenvalue weighted by Gasteiger charge is -2.21. The molecule has 13 heteroatoms. The van der Waals surface area contributed by atoms with E-state index in [1.54, 1.807) is 0 Å². The van der Waals surface area contributed by atoms with Gasteiger partial charge in [-0.15, -0.1) is 0 Å². The molecule has 1 aliphatic carbocycles. The van der Waals surface area contributed by atoms with E-state index in [1.807, 2.05) is 0 Å². The summed E-state index contributed by atoms with van der Waals surface area (Å²) in [5.41, 5.74) is 17.0. The number of carbonyl (C=O) groups excluding carboxylic acids is 2. The smallest absolute Gasteiger partial charge is 0.394 e. The van der Waals surface area contributed by atoms with Crippen LogP contribution in [0.25, 0.3) is 0 Å². The number of aromatic nitrogens is 2. The molecule has 33 heavy (non-hydrogen) atoms. The summed E-state index contributed by atoms with van der Waals surface area (Å²) in [4.78, 5) is 32.1. The number of carbonyl (C=O) groups is 2. The third-order valence-corrected chi connectivity index (χ3v) is 5.01. The van der Waals surface area contributed by atoms with Gasteiger partial charge < -0.3 is 33.2 Å². The molecule has 178 valence electrons. The highest BCUT2D eigenvalue weighted by Gasteiger charge is 2.32. The second kappa shape index (κ2) is 9.79. The van der Waals surface area contributed by atoms with E-state index >= 15 is 0 Å². The molecule has 1 aliphatic rings. The van der Waals surface area contributed by atoms with Crippen LogP contribution in [0.15, 0.2) is 24.3 Å². The van der Waals surface area contributed by atoms with E-state index in [4.69, 9.17) is 17.2 Å². The van der Waals surface area contributed by atoms with Gasteiger partial charge in [0, 0.05) is 18.2 Å². The molecular formula is C20H25F3N8O2. The van der Waals surface area contributed by atoms with Crippen LogP contribution in [0.3, 0.4) is 0 Å². The van der Waals surface area contributed by atoms with Crippen LogP contribution in [0.5, 0.6) is 0 Å². The second-order valence-electron chi connectivity index (χ2n) is 7.70. The first kappa shape index (κ1) is 23.9. The summed E-state index contributed by atoms with van der Waals surface area (Å²) >= 11 is 0. The van der Waals surface area contributed by atoms with Gasteiger partial charge in [0.2, 0.25) is 11.9 Å². The Morgan fingerprint density at radius 1 is 1.18 bits per heavy atom. The zero-order chi connectivity index (χ0) is 24.2. The van der Waals surface area contributed by atoms with Gasteiger partial charge in [0.25, 0.3) is 0 Å². The number of alkyl halides is 3. The van der Waals surface area contributed by atoms with Gasteiger partial charge in [0.15, 0.2) is 5.82 Å². The number of rotatable bonds is 9. The van der Waals surface area contributed by atoms with E-state index in [2.05, 4.69) is 25.9 Å². The zero-order valence-electron chi connectivity index (χ0n) is 17.6. The quantitative estimate of drug-likeness (QED) is 0.308. The minimum atomic E-state index is -4.55. The molecule has 0 spiro atoms. The van der Waals surface area contributed by atoms with E-state index in [0.717, 1.165) is 25.0 Å². The Morgan fingerprint density at radius 2 is 1.91 bits per heavy atom. The van der Waals surface area contributed by atoms with Crippen molar-refractivity contribution in [3.05, 3.63) is 35.5 Å². The zero-order valence-corrected chi connectivity index (χ0v) is 17.6. The number of amides is 3. The number of primary amides is 1. The Morgan fingerprint density at radius 3 is 2.55 bits per heavy atom. The van der Waals surface area contributed by atoms with Crippen molar-refractivity contribution in [2.24, 2.45) is 5.73 Å². The minimum absolute atomic E-state index is 0.0129. The third kappa shape index (κ3) is 6.60. The van der Waals surface area contributed by atoms with Gasteiger partial charge in [0.1, 0.15) is 6.04 Å². The largest absolute Gasteiger partial charge is 0.416 e. The molecule has 9 N–H and O–H groups in total. The van der Waals surface area contributed by atoms with Crippen LogP contribution in [0.4, 0.5) is 41.1 Å². The molecule has 1 aromatic carbocycles. The Hall–Kier alpha value is -3.77. The number of urea groups is 1. The van der Waals surface area contributed by atoms with Crippen LogP contribution in [-0.4, -0.2) is 34.5 Å². The van der Waals surface area contributed by atoms with Crippen LogP contribution in [-0.2, 0) is 11.0 Å². The Kier molecular flexibility index (Phi) is 7.09. The summed E-state index contributed by atoms with van der Waals surface area (Å²) in [7, 11) is 0. The Labute approximate surface area is 187 Å². The van der Waals surface area contributed by atoms with Crippen LogP contribution < -0.4 is 33.2 Å². The molecule has 3 amide bonds. The summed E-state index contributed by atoms with van der Waals surface area (Å²) < 4.78 is 39.0. The molecule has 0 aliphatic heterocycles. The average Bonchev–Trinajstić information content (AvgIpc) is 3.57. The van der Waals surface area contributed by atoms with Gasteiger partial charge in [-0.3, -0.25) is 4.79 Å². The first-order chi connectivity index (χ1) is 15.5. The van der Waals surface area contributed by atoms with Gasteiger partial charge in [-0.25, -0.2) is 9.78 Å².